The van der Waals surface area contributed by atoms with Crippen LogP contribution < -0.4 is 16.6 Å². The molecule has 0 aliphatic heterocycles. The summed E-state index contributed by atoms with van der Waals surface area (Å²) in [6.45, 7) is 0. The van der Waals surface area contributed by atoms with Crippen LogP contribution in [0.25, 0.3) is 10.2 Å². The third-order valence-electron chi connectivity index (χ3n) is 4.42. The first-order chi connectivity index (χ1) is 13.0. The molecule has 0 spiro atoms. The normalized spacial score (nSPS) is 13.1. The number of amides is 2. The zero-order valence-electron chi connectivity index (χ0n) is 14.4. The van der Waals surface area contributed by atoms with Gasteiger partial charge in [0.15, 0.2) is 5.16 Å². The number of hydrogen-bond acceptors (Lipinski definition) is 7. The Balaban J connectivity index is 1.51. The predicted octanol–water partition coefficient (Wildman–Crippen LogP) is 2.37. The Morgan fingerprint density at radius 3 is 3.00 bits per heavy atom. The van der Waals surface area contributed by atoms with Crippen molar-refractivity contribution in [2.24, 2.45) is 12.8 Å². The van der Waals surface area contributed by atoms with Gasteiger partial charge in [-0.1, -0.05) is 11.8 Å². The molecular formula is C17H16N4O3S3. The van der Waals surface area contributed by atoms with Gasteiger partial charge in [-0.25, -0.2) is 4.98 Å². The number of aromatic nitrogens is 2. The fourth-order valence-electron chi connectivity index (χ4n) is 3.15. The zero-order valence-corrected chi connectivity index (χ0v) is 16.9. The van der Waals surface area contributed by atoms with Crippen molar-refractivity contribution in [3.8, 4) is 0 Å². The summed E-state index contributed by atoms with van der Waals surface area (Å²) in [5, 5.41) is 6.21. The summed E-state index contributed by atoms with van der Waals surface area (Å²) in [5.41, 5.74) is 6.80. The topological polar surface area (TPSA) is 107 Å². The van der Waals surface area contributed by atoms with E-state index in [0.717, 1.165) is 29.7 Å². The minimum absolute atomic E-state index is 0.0813. The van der Waals surface area contributed by atoms with E-state index in [1.807, 2.05) is 5.38 Å². The average molecular weight is 421 g/mol. The van der Waals surface area contributed by atoms with Crippen LogP contribution in [0, 0.1) is 0 Å². The molecule has 0 unspecified atom stereocenters. The molecule has 0 saturated carbocycles. The summed E-state index contributed by atoms with van der Waals surface area (Å²) in [7, 11) is 1.64. The molecule has 3 heterocycles. The first-order valence-corrected chi connectivity index (χ1v) is 10.9. The molecule has 2 amide bonds. The van der Waals surface area contributed by atoms with Gasteiger partial charge < -0.3 is 11.1 Å². The van der Waals surface area contributed by atoms with Crippen molar-refractivity contribution in [2.45, 2.75) is 24.4 Å². The van der Waals surface area contributed by atoms with Crippen molar-refractivity contribution in [3.63, 3.8) is 0 Å². The largest absolute Gasteiger partial charge is 0.365 e. The molecule has 3 aromatic rings. The Morgan fingerprint density at radius 2 is 2.22 bits per heavy atom. The molecule has 3 N–H and O–H groups in total. The van der Waals surface area contributed by atoms with E-state index in [2.05, 4.69) is 10.3 Å². The molecule has 1 aliphatic carbocycles. The van der Waals surface area contributed by atoms with E-state index >= 15 is 0 Å². The summed E-state index contributed by atoms with van der Waals surface area (Å²) in [6, 6.07) is 1.75. The highest BCUT2D eigenvalue weighted by Crippen LogP contribution is 2.38. The van der Waals surface area contributed by atoms with Crippen LogP contribution in [0.15, 0.2) is 21.4 Å². The minimum Gasteiger partial charge on any atom is -0.365 e. The fourth-order valence-corrected chi connectivity index (χ4v) is 6.04. The molecule has 140 valence electrons. The van der Waals surface area contributed by atoms with Crippen LogP contribution in [0.1, 0.15) is 27.2 Å². The summed E-state index contributed by atoms with van der Waals surface area (Å²) < 4.78 is 1.45. The molecule has 7 nitrogen and oxygen atoms in total. The van der Waals surface area contributed by atoms with Gasteiger partial charge in [-0.05, 0) is 36.3 Å². The number of carbonyl (C=O) groups is 2. The van der Waals surface area contributed by atoms with E-state index in [-0.39, 0.29) is 17.2 Å². The summed E-state index contributed by atoms with van der Waals surface area (Å²) in [5.74, 6) is -0.690. The molecule has 4 rings (SSSR count). The fraction of sp³-hybridized carbons (Fsp3) is 0.294. The standard InChI is InChI=1S/C17H16N4O3S3/c1-21-16(24)9-5-6-25-14(9)20-17(21)26-7-11(22)19-15-12(13(18)23)8-3-2-4-10(8)27-15/h5-6H,2-4,7H2,1H3,(H2,18,23)(H,19,22). The first kappa shape index (κ1) is 18.2. The molecule has 1 aliphatic rings. The van der Waals surface area contributed by atoms with Crippen LogP contribution >= 0.6 is 34.4 Å². The summed E-state index contributed by atoms with van der Waals surface area (Å²) in [4.78, 5) is 42.8. The first-order valence-electron chi connectivity index (χ1n) is 8.27. The number of hydrogen-bond donors (Lipinski definition) is 2. The molecule has 0 bridgehead atoms. The Morgan fingerprint density at radius 1 is 1.41 bits per heavy atom. The lowest BCUT2D eigenvalue weighted by molar-refractivity contribution is -0.113. The van der Waals surface area contributed by atoms with Gasteiger partial charge in [-0.3, -0.25) is 19.0 Å². The highest BCUT2D eigenvalue weighted by molar-refractivity contribution is 7.99. The lowest BCUT2D eigenvalue weighted by Gasteiger charge is -2.08. The average Bonchev–Trinajstić information content (AvgIpc) is 3.31. The number of carbonyl (C=O) groups excluding carboxylic acids is 2. The molecular weight excluding hydrogens is 404 g/mol. The monoisotopic (exact) mass is 420 g/mol. The van der Waals surface area contributed by atoms with Gasteiger partial charge in [0.05, 0.1) is 16.7 Å². The van der Waals surface area contributed by atoms with Crippen molar-refractivity contribution >= 4 is 61.5 Å². The number of thiophene rings is 2. The molecule has 0 atom stereocenters. The molecule has 3 aromatic heterocycles. The van der Waals surface area contributed by atoms with Gasteiger partial charge >= 0.3 is 0 Å². The Hall–Kier alpha value is -2.17. The van der Waals surface area contributed by atoms with Crippen LogP contribution in [0.5, 0.6) is 0 Å². The van der Waals surface area contributed by atoms with Crippen LogP contribution in [-0.4, -0.2) is 27.1 Å². The predicted molar refractivity (Wildman–Crippen MR) is 109 cm³/mol. The second-order valence-electron chi connectivity index (χ2n) is 6.16. The molecule has 0 saturated heterocycles. The van der Waals surface area contributed by atoms with E-state index in [9.17, 15) is 14.4 Å². The highest BCUT2D eigenvalue weighted by Gasteiger charge is 2.26. The molecule has 27 heavy (non-hydrogen) atoms. The van der Waals surface area contributed by atoms with E-state index < -0.39 is 5.91 Å². The van der Waals surface area contributed by atoms with Crippen molar-refractivity contribution in [3.05, 3.63) is 37.8 Å². The van der Waals surface area contributed by atoms with Gasteiger partial charge in [-0.15, -0.1) is 22.7 Å². The number of aryl methyl sites for hydroxylation is 1. The SMILES string of the molecule is Cn1c(SCC(=O)Nc2sc3c(c2C(N)=O)CCC3)nc2sccc2c1=O. The molecule has 0 fully saturated rings. The number of anilines is 1. The number of fused-ring (bicyclic) bond motifs is 2. The third-order valence-corrected chi connectivity index (χ3v) is 7.46. The second kappa shape index (κ2) is 7.10. The zero-order chi connectivity index (χ0) is 19.1. The van der Waals surface area contributed by atoms with Crippen molar-refractivity contribution < 1.29 is 9.59 Å². The van der Waals surface area contributed by atoms with Gasteiger partial charge in [0.2, 0.25) is 5.91 Å². The maximum absolute atomic E-state index is 12.4. The third kappa shape index (κ3) is 3.28. The van der Waals surface area contributed by atoms with Crippen LogP contribution in [0.2, 0.25) is 0 Å². The summed E-state index contributed by atoms with van der Waals surface area (Å²) >= 11 is 4.00. The minimum atomic E-state index is -0.510. The lowest BCUT2D eigenvalue weighted by Crippen LogP contribution is -2.21. The molecule has 0 radical (unpaired) electrons. The van der Waals surface area contributed by atoms with Crippen LogP contribution in [-0.2, 0) is 24.7 Å². The van der Waals surface area contributed by atoms with E-state index in [1.54, 1.807) is 13.1 Å². The number of rotatable bonds is 5. The second-order valence-corrected chi connectivity index (χ2v) is 9.10. The number of primary amides is 1. The number of nitrogens with one attached hydrogen (secondary N) is 1. The smallest absolute Gasteiger partial charge is 0.262 e. The maximum Gasteiger partial charge on any atom is 0.262 e. The highest BCUT2D eigenvalue weighted by atomic mass is 32.2. The van der Waals surface area contributed by atoms with Gasteiger partial charge in [0.1, 0.15) is 9.83 Å². The summed E-state index contributed by atoms with van der Waals surface area (Å²) in [6.07, 6.45) is 2.75. The molecule has 10 heteroatoms. The number of nitrogens with two attached hydrogens (primary N) is 1. The van der Waals surface area contributed by atoms with Crippen LogP contribution in [0.3, 0.4) is 0 Å². The van der Waals surface area contributed by atoms with Crippen molar-refractivity contribution in [2.75, 3.05) is 11.1 Å². The quantitative estimate of drug-likeness (QED) is 0.487. The number of thioether (sulfide) groups is 1. The van der Waals surface area contributed by atoms with Gasteiger partial charge in [0, 0.05) is 11.9 Å². The van der Waals surface area contributed by atoms with Crippen molar-refractivity contribution in [1.82, 2.24) is 9.55 Å². The van der Waals surface area contributed by atoms with E-state index in [0.29, 0.717) is 25.9 Å². The number of nitrogens with zero attached hydrogens (tertiary/aromatic N) is 2. The van der Waals surface area contributed by atoms with Gasteiger partial charge in [0.25, 0.3) is 11.5 Å². The molecule has 0 aromatic carbocycles. The van der Waals surface area contributed by atoms with Gasteiger partial charge in [-0.2, -0.15) is 0 Å². The Bertz CT molecular complexity index is 1130. The Labute approximate surface area is 166 Å². The van der Waals surface area contributed by atoms with E-state index in [1.165, 1.54) is 39.0 Å². The van der Waals surface area contributed by atoms with E-state index in [4.69, 9.17) is 5.73 Å². The maximum atomic E-state index is 12.4. The van der Waals surface area contributed by atoms with Crippen LogP contribution in [0.4, 0.5) is 5.00 Å². The Kier molecular flexibility index (Phi) is 4.79. The lowest BCUT2D eigenvalue weighted by atomic mass is 10.1. The van der Waals surface area contributed by atoms with Crippen molar-refractivity contribution in [1.29, 1.82) is 0 Å².